The molecule has 27 heavy (non-hydrogen) atoms. The molecule has 1 radical (unpaired) electrons. The second kappa shape index (κ2) is 6.46. The van der Waals surface area contributed by atoms with Crippen LogP contribution < -0.4 is 10.1 Å². The predicted octanol–water partition coefficient (Wildman–Crippen LogP) is 5.57. The van der Waals surface area contributed by atoms with Crippen LogP contribution in [0.3, 0.4) is 0 Å². The molecule has 2 fully saturated rings. The Bertz CT molecular complexity index is 660. The van der Waals surface area contributed by atoms with E-state index in [9.17, 15) is 39.5 Å². The Morgan fingerprint density at radius 3 is 1.85 bits per heavy atom. The van der Waals surface area contributed by atoms with E-state index in [2.05, 4.69) is 5.32 Å². The highest BCUT2D eigenvalue weighted by Crippen LogP contribution is 2.48. The van der Waals surface area contributed by atoms with E-state index < -0.39 is 47.1 Å². The number of hydrogen-bond donors (Lipinski definition) is 1. The molecular formula is C16H13F9NO. The van der Waals surface area contributed by atoms with E-state index in [1.165, 1.54) is 0 Å². The number of nitrogens with one attached hydrogen (secondary N) is 1. The summed E-state index contributed by atoms with van der Waals surface area (Å²) in [4.78, 5) is 0. The molecule has 3 rings (SSSR count). The fourth-order valence-corrected chi connectivity index (χ4v) is 3.39. The van der Waals surface area contributed by atoms with Crippen LogP contribution in [0.15, 0.2) is 12.1 Å². The van der Waals surface area contributed by atoms with Crippen LogP contribution in [0.25, 0.3) is 0 Å². The lowest BCUT2D eigenvalue weighted by molar-refractivity contribution is -0.151. The van der Waals surface area contributed by atoms with Crippen molar-refractivity contribution in [3.8, 4) is 5.75 Å². The van der Waals surface area contributed by atoms with Crippen molar-refractivity contribution in [2.45, 2.75) is 56.4 Å². The van der Waals surface area contributed by atoms with Gasteiger partial charge < -0.3 is 10.1 Å². The number of rotatable bonds is 2. The molecule has 0 aliphatic carbocycles. The first-order valence-corrected chi connectivity index (χ1v) is 7.92. The predicted molar refractivity (Wildman–Crippen MR) is 74.5 cm³/mol. The van der Waals surface area contributed by atoms with Crippen LogP contribution in [-0.2, 0) is 18.5 Å². The Labute approximate surface area is 147 Å². The standard InChI is InChI=1S/C16H13F9NO/c17-14(18,19)7-3-11(15(20,21)22)13(12(4-7)16(23,24)25)27-10-5-8-1-2-9(6-10)26-8/h3-4,8,10,26H,1-2,5-6H2. The lowest BCUT2D eigenvalue weighted by atomic mass is 10.00. The van der Waals surface area contributed by atoms with Crippen LogP contribution in [0.2, 0.25) is 0 Å². The molecule has 2 bridgehead atoms. The molecule has 1 N–H and O–H groups in total. The summed E-state index contributed by atoms with van der Waals surface area (Å²) in [6, 6.07) is -0.0528. The Balaban J connectivity index is 2.09. The van der Waals surface area contributed by atoms with Crippen molar-refractivity contribution in [1.29, 1.82) is 0 Å². The van der Waals surface area contributed by atoms with Crippen LogP contribution in [0.1, 0.15) is 42.4 Å². The summed E-state index contributed by atoms with van der Waals surface area (Å²) in [6.07, 6.45) is -15.7. The van der Waals surface area contributed by atoms with E-state index in [1.807, 2.05) is 0 Å². The minimum Gasteiger partial charge on any atom is -0.489 e. The first kappa shape index (κ1) is 20.1. The maximum absolute atomic E-state index is 13.3. The van der Waals surface area contributed by atoms with Crippen LogP contribution >= 0.6 is 0 Å². The molecule has 2 aliphatic heterocycles. The zero-order valence-corrected chi connectivity index (χ0v) is 13.4. The molecule has 2 aliphatic rings. The molecule has 0 spiro atoms. The summed E-state index contributed by atoms with van der Waals surface area (Å²) >= 11 is 0. The van der Waals surface area contributed by atoms with Crippen LogP contribution in [0.5, 0.6) is 5.75 Å². The fourth-order valence-electron chi connectivity index (χ4n) is 3.39. The minimum absolute atomic E-state index is 0.103. The topological polar surface area (TPSA) is 21.3 Å². The second-order valence-corrected chi connectivity index (χ2v) is 6.56. The summed E-state index contributed by atoms with van der Waals surface area (Å²) < 4.78 is 123. The van der Waals surface area contributed by atoms with Crippen LogP contribution in [0, 0.1) is 6.04 Å². The van der Waals surface area contributed by atoms with Crippen LogP contribution in [0.4, 0.5) is 39.5 Å². The van der Waals surface area contributed by atoms with Crippen molar-refractivity contribution in [2.75, 3.05) is 0 Å². The molecule has 2 unspecified atom stereocenters. The number of fused-ring (bicyclic) bond motifs is 2. The number of alkyl halides is 9. The molecule has 2 saturated heterocycles. The third kappa shape index (κ3) is 4.27. The highest BCUT2D eigenvalue weighted by Gasteiger charge is 2.47. The highest BCUT2D eigenvalue weighted by atomic mass is 19.4. The van der Waals surface area contributed by atoms with Crippen molar-refractivity contribution >= 4 is 0 Å². The van der Waals surface area contributed by atoms with Gasteiger partial charge in [0.15, 0.2) is 0 Å². The van der Waals surface area contributed by atoms with Crippen molar-refractivity contribution in [3.63, 3.8) is 0 Å². The second-order valence-electron chi connectivity index (χ2n) is 6.56. The van der Waals surface area contributed by atoms with Crippen molar-refractivity contribution in [3.05, 3.63) is 34.9 Å². The first-order valence-electron chi connectivity index (χ1n) is 7.92. The third-order valence-corrected chi connectivity index (χ3v) is 4.54. The summed E-state index contributed by atoms with van der Waals surface area (Å²) in [5, 5.41) is 3.07. The van der Waals surface area contributed by atoms with Crippen LogP contribution in [-0.4, -0.2) is 12.1 Å². The maximum atomic E-state index is 13.3. The number of ether oxygens (including phenoxy) is 1. The van der Waals surface area contributed by atoms with E-state index in [4.69, 9.17) is 4.74 Å². The Kier molecular flexibility index (Phi) is 4.80. The molecule has 11 heteroatoms. The monoisotopic (exact) mass is 406 g/mol. The molecule has 2 nitrogen and oxygen atoms in total. The molecule has 2 heterocycles. The molecule has 0 saturated carbocycles. The number of benzene rings is 1. The number of halogens is 9. The van der Waals surface area contributed by atoms with E-state index in [0.29, 0.717) is 12.8 Å². The van der Waals surface area contributed by atoms with Gasteiger partial charge in [0.25, 0.3) is 0 Å². The van der Waals surface area contributed by atoms with E-state index >= 15 is 0 Å². The lowest BCUT2D eigenvalue weighted by Gasteiger charge is -2.31. The lowest BCUT2D eigenvalue weighted by Crippen LogP contribution is -2.39. The van der Waals surface area contributed by atoms with Gasteiger partial charge in [0, 0.05) is 18.5 Å². The van der Waals surface area contributed by atoms with Gasteiger partial charge in [0.2, 0.25) is 0 Å². The van der Waals surface area contributed by atoms with Gasteiger partial charge in [0.05, 0.1) is 16.7 Å². The summed E-state index contributed by atoms with van der Waals surface area (Å²) in [7, 11) is 0. The van der Waals surface area contributed by atoms with Crippen molar-refractivity contribution in [2.24, 2.45) is 0 Å². The number of piperidine rings is 1. The zero-order chi connectivity index (χ0) is 20.2. The van der Waals surface area contributed by atoms with Gasteiger partial charge in [-0.3, -0.25) is 0 Å². The molecule has 1 aromatic rings. The van der Waals surface area contributed by atoms with E-state index in [1.54, 1.807) is 0 Å². The van der Waals surface area contributed by atoms with Gasteiger partial charge in [-0.2, -0.15) is 39.5 Å². The van der Waals surface area contributed by atoms with Crippen molar-refractivity contribution in [1.82, 2.24) is 5.32 Å². The molecule has 151 valence electrons. The zero-order valence-electron chi connectivity index (χ0n) is 13.4. The first-order chi connectivity index (χ1) is 12.2. The quantitative estimate of drug-likeness (QED) is 0.649. The Morgan fingerprint density at radius 1 is 0.852 bits per heavy atom. The maximum Gasteiger partial charge on any atom is 0.419 e. The minimum atomic E-state index is -5.45. The van der Waals surface area contributed by atoms with Gasteiger partial charge >= 0.3 is 18.5 Å². The highest BCUT2D eigenvalue weighted by molar-refractivity contribution is 5.49. The summed E-state index contributed by atoms with van der Waals surface area (Å²) in [5.74, 6) is -1.60. The fraction of sp³-hybridized carbons (Fsp3) is 0.562. The molecule has 0 amide bonds. The summed E-state index contributed by atoms with van der Waals surface area (Å²) in [5.41, 5.74) is -6.20. The number of hydrogen-bond acceptors (Lipinski definition) is 2. The van der Waals surface area contributed by atoms with Gasteiger partial charge in [-0.15, -0.1) is 0 Å². The molecular weight excluding hydrogens is 393 g/mol. The largest absolute Gasteiger partial charge is 0.489 e. The SMILES string of the molecule is FC(F)(F)c1cc(C(F)(F)F)c(OC2C[C]3CCC(C2)N3)c(C(F)(F)F)c1. The van der Waals surface area contributed by atoms with Gasteiger partial charge in [-0.1, -0.05) is 0 Å². The van der Waals surface area contributed by atoms with Gasteiger partial charge in [-0.05, 0) is 31.4 Å². The third-order valence-electron chi connectivity index (χ3n) is 4.54. The van der Waals surface area contributed by atoms with E-state index in [-0.39, 0.29) is 31.0 Å². The molecule has 0 aromatic heterocycles. The van der Waals surface area contributed by atoms with E-state index in [0.717, 1.165) is 6.04 Å². The van der Waals surface area contributed by atoms with Gasteiger partial charge in [-0.25, -0.2) is 0 Å². The normalized spacial score (nSPS) is 24.3. The summed E-state index contributed by atoms with van der Waals surface area (Å²) in [6.45, 7) is 0. The Morgan fingerprint density at radius 2 is 1.41 bits per heavy atom. The average Bonchev–Trinajstić information content (AvgIpc) is 2.82. The molecule has 1 aromatic carbocycles. The van der Waals surface area contributed by atoms with Crippen molar-refractivity contribution < 1.29 is 44.3 Å². The Hall–Kier alpha value is -1.65. The average molecular weight is 406 g/mol. The molecule has 2 atom stereocenters. The van der Waals surface area contributed by atoms with Gasteiger partial charge in [0.1, 0.15) is 11.9 Å². The smallest absolute Gasteiger partial charge is 0.419 e.